The minimum absolute atomic E-state index is 0.183. The zero-order valence-corrected chi connectivity index (χ0v) is 13.0. The fraction of sp³-hybridized carbons (Fsp3) is 0.333. The van der Waals surface area contributed by atoms with Crippen molar-refractivity contribution in [3.05, 3.63) is 29.3 Å². The number of thiazole rings is 1. The Morgan fingerprint density at radius 2 is 2.10 bits per heavy atom. The molecule has 21 heavy (non-hydrogen) atoms. The summed E-state index contributed by atoms with van der Waals surface area (Å²) in [6.45, 7) is 2.16. The number of esters is 1. The predicted molar refractivity (Wildman–Crippen MR) is 81.0 cm³/mol. The number of benzene rings is 1. The maximum atomic E-state index is 11.5. The molecule has 0 saturated carbocycles. The molecule has 1 heterocycles. The van der Waals surface area contributed by atoms with Crippen molar-refractivity contribution in [2.45, 2.75) is 13.3 Å². The van der Waals surface area contributed by atoms with Crippen LogP contribution in [-0.2, 0) is 16.0 Å². The lowest BCUT2D eigenvalue weighted by molar-refractivity contribution is -0.142. The van der Waals surface area contributed by atoms with Crippen LogP contribution in [-0.4, -0.2) is 31.8 Å². The summed E-state index contributed by atoms with van der Waals surface area (Å²) in [5.74, 6) is 1.14. The van der Waals surface area contributed by atoms with E-state index >= 15 is 0 Å². The molecule has 0 atom stereocenters. The molecule has 0 spiro atoms. The SMILES string of the molecule is CCOC(=O)Cc1csc(-c2ccc(OC)cc2OC)n1. The molecule has 0 aliphatic heterocycles. The predicted octanol–water partition coefficient (Wildman–Crippen LogP) is 2.93. The quantitative estimate of drug-likeness (QED) is 0.768. The summed E-state index contributed by atoms with van der Waals surface area (Å²) in [5.41, 5.74) is 1.57. The van der Waals surface area contributed by atoms with Gasteiger partial charge >= 0.3 is 5.97 Å². The van der Waals surface area contributed by atoms with Crippen LogP contribution in [0.1, 0.15) is 12.6 Å². The van der Waals surface area contributed by atoms with Gasteiger partial charge in [0, 0.05) is 11.4 Å². The Bertz CT molecular complexity index is 624. The highest BCUT2D eigenvalue weighted by molar-refractivity contribution is 7.13. The van der Waals surface area contributed by atoms with Gasteiger partial charge in [0.1, 0.15) is 16.5 Å². The zero-order chi connectivity index (χ0) is 15.2. The molecule has 0 unspecified atom stereocenters. The van der Waals surface area contributed by atoms with Gasteiger partial charge in [-0.25, -0.2) is 4.98 Å². The van der Waals surface area contributed by atoms with Gasteiger partial charge in [-0.1, -0.05) is 0 Å². The molecule has 2 aromatic rings. The second kappa shape index (κ2) is 7.08. The first kappa shape index (κ1) is 15.3. The monoisotopic (exact) mass is 307 g/mol. The number of rotatable bonds is 6. The average Bonchev–Trinajstić information content (AvgIpc) is 2.94. The van der Waals surface area contributed by atoms with Gasteiger partial charge in [0.2, 0.25) is 0 Å². The Kier molecular flexibility index (Phi) is 5.16. The van der Waals surface area contributed by atoms with Gasteiger partial charge in [0.25, 0.3) is 0 Å². The van der Waals surface area contributed by atoms with Crippen LogP contribution in [0.15, 0.2) is 23.6 Å². The molecule has 0 saturated heterocycles. The van der Waals surface area contributed by atoms with Crippen LogP contribution in [0.25, 0.3) is 10.6 Å². The lowest BCUT2D eigenvalue weighted by atomic mass is 10.2. The molecule has 0 radical (unpaired) electrons. The minimum Gasteiger partial charge on any atom is -0.497 e. The Hall–Kier alpha value is -2.08. The first-order valence-electron chi connectivity index (χ1n) is 6.50. The second-order valence-electron chi connectivity index (χ2n) is 4.19. The molecule has 6 heteroatoms. The maximum absolute atomic E-state index is 11.5. The molecule has 112 valence electrons. The number of hydrogen-bond acceptors (Lipinski definition) is 6. The third-order valence-electron chi connectivity index (χ3n) is 2.82. The molecule has 0 N–H and O–H groups in total. The molecule has 0 aliphatic carbocycles. The van der Waals surface area contributed by atoms with Crippen molar-refractivity contribution in [2.24, 2.45) is 0 Å². The molecular weight excluding hydrogens is 290 g/mol. The summed E-state index contributed by atoms with van der Waals surface area (Å²) in [5, 5.41) is 2.66. The van der Waals surface area contributed by atoms with Crippen molar-refractivity contribution < 1.29 is 19.0 Å². The van der Waals surface area contributed by atoms with E-state index in [1.807, 2.05) is 23.6 Å². The van der Waals surface area contributed by atoms with E-state index in [0.29, 0.717) is 18.1 Å². The van der Waals surface area contributed by atoms with Crippen molar-refractivity contribution in [2.75, 3.05) is 20.8 Å². The van der Waals surface area contributed by atoms with Crippen LogP contribution in [0, 0.1) is 0 Å². The van der Waals surface area contributed by atoms with Gasteiger partial charge in [-0.15, -0.1) is 11.3 Å². The van der Waals surface area contributed by atoms with Crippen molar-refractivity contribution in [3.63, 3.8) is 0 Å². The molecule has 0 bridgehead atoms. The van der Waals surface area contributed by atoms with Crippen LogP contribution < -0.4 is 9.47 Å². The van der Waals surface area contributed by atoms with E-state index < -0.39 is 0 Å². The molecule has 1 aromatic heterocycles. The zero-order valence-electron chi connectivity index (χ0n) is 12.2. The minimum atomic E-state index is -0.268. The molecule has 0 fully saturated rings. The number of carbonyl (C=O) groups is 1. The van der Waals surface area contributed by atoms with E-state index in [2.05, 4.69) is 4.98 Å². The number of nitrogens with zero attached hydrogens (tertiary/aromatic N) is 1. The summed E-state index contributed by atoms with van der Waals surface area (Å²) in [6, 6.07) is 5.55. The van der Waals surface area contributed by atoms with Crippen molar-refractivity contribution in [1.29, 1.82) is 0 Å². The summed E-state index contributed by atoms with van der Waals surface area (Å²) >= 11 is 1.47. The fourth-order valence-electron chi connectivity index (χ4n) is 1.85. The van der Waals surface area contributed by atoms with Gasteiger partial charge in [-0.05, 0) is 19.1 Å². The number of carbonyl (C=O) groups excluding carboxylic acids is 1. The highest BCUT2D eigenvalue weighted by atomic mass is 32.1. The van der Waals surface area contributed by atoms with Gasteiger partial charge < -0.3 is 14.2 Å². The van der Waals surface area contributed by atoms with Crippen LogP contribution >= 0.6 is 11.3 Å². The highest BCUT2D eigenvalue weighted by Crippen LogP contribution is 2.35. The van der Waals surface area contributed by atoms with Gasteiger partial charge in [-0.3, -0.25) is 4.79 Å². The van der Waals surface area contributed by atoms with Crippen LogP contribution in [0.5, 0.6) is 11.5 Å². The fourth-order valence-corrected chi connectivity index (χ4v) is 2.70. The largest absolute Gasteiger partial charge is 0.497 e. The van der Waals surface area contributed by atoms with E-state index in [1.54, 1.807) is 21.1 Å². The number of methoxy groups -OCH3 is 2. The van der Waals surface area contributed by atoms with Gasteiger partial charge in [-0.2, -0.15) is 0 Å². The smallest absolute Gasteiger partial charge is 0.311 e. The normalized spacial score (nSPS) is 10.2. The lowest BCUT2D eigenvalue weighted by Gasteiger charge is -2.08. The Morgan fingerprint density at radius 1 is 1.29 bits per heavy atom. The van der Waals surface area contributed by atoms with Gasteiger partial charge in [0.05, 0.1) is 38.5 Å². The number of aromatic nitrogens is 1. The summed E-state index contributed by atoms with van der Waals surface area (Å²) in [7, 11) is 3.21. The van der Waals surface area contributed by atoms with E-state index in [9.17, 15) is 4.79 Å². The van der Waals surface area contributed by atoms with E-state index in [0.717, 1.165) is 16.3 Å². The van der Waals surface area contributed by atoms with Crippen molar-refractivity contribution in [1.82, 2.24) is 4.98 Å². The van der Waals surface area contributed by atoms with Gasteiger partial charge in [0.15, 0.2) is 0 Å². The molecule has 1 aromatic carbocycles. The molecule has 0 aliphatic rings. The van der Waals surface area contributed by atoms with E-state index in [4.69, 9.17) is 14.2 Å². The molecular formula is C15H17NO4S. The first-order valence-corrected chi connectivity index (χ1v) is 7.38. The topological polar surface area (TPSA) is 57.7 Å². The Morgan fingerprint density at radius 3 is 2.76 bits per heavy atom. The average molecular weight is 307 g/mol. The standard InChI is InChI=1S/C15H17NO4S/c1-4-20-14(17)7-10-9-21-15(16-10)12-6-5-11(18-2)8-13(12)19-3/h5-6,8-9H,4,7H2,1-3H3. The van der Waals surface area contributed by atoms with Crippen LogP contribution in [0.4, 0.5) is 0 Å². The summed E-state index contributed by atoms with van der Waals surface area (Å²) < 4.78 is 15.5. The first-order chi connectivity index (χ1) is 10.2. The van der Waals surface area contributed by atoms with E-state index in [1.165, 1.54) is 11.3 Å². The van der Waals surface area contributed by atoms with Crippen molar-refractivity contribution >= 4 is 17.3 Å². The lowest BCUT2D eigenvalue weighted by Crippen LogP contribution is -2.07. The summed E-state index contributed by atoms with van der Waals surface area (Å²) in [4.78, 5) is 15.9. The Balaban J connectivity index is 2.23. The highest BCUT2D eigenvalue weighted by Gasteiger charge is 2.13. The third-order valence-corrected chi connectivity index (χ3v) is 3.75. The maximum Gasteiger partial charge on any atom is 0.311 e. The second-order valence-corrected chi connectivity index (χ2v) is 5.05. The Labute approximate surface area is 127 Å². The number of hydrogen-bond donors (Lipinski definition) is 0. The van der Waals surface area contributed by atoms with E-state index in [-0.39, 0.29) is 12.4 Å². The van der Waals surface area contributed by atoms with Crippen LogP contribution in [0.3, 0.4) is 0 Å². The molecule has 2 rings (SSSR count). The molecule has 5 nitrogen and oxygen atoms in total. The van der Waals surface area contributed by atoms with Crippen LogP contribution in [0.2, 0.25) is 0 Å². The van der Waals surface area contributed by atoms with Crippen molar-refractivity contribution in [3.8, 4) is 22.1 Å². The number of ether oxygens (including phenoxy) is 3. The summed E-state index contributed by atoms with van der Waals surface area (Å²) in [6.07, 6.45) is 0.183. The molecule has 0 amide bonds. The third kappa shape index (κ3) is 3.72.